The van der Waals surface area contributed by atoms with Crippen molar-refractivity contribution in [3.63, 3.8) is 0 Å². The van der Waals surface area contributed by atoms with Gasteiger partial charge in [-0.3, -0.25) is 4.79 Å². The first-order valence-corrected chi connectivity index (χ1v) is 7.42. The molecule has 3 nitrogen and oxygen atoms in total. The van der Waals surface area contributed by atoms with E-state index in [1.807, 2.05) is 20.8 Å². The van der Waals surface area contributed by atoms with E-state index in [2.05, 4.69) is 17.6 Å². The van der Waals surface area contributed by atoms with E-state index < -0.39 is 0 Å². The quantitative estimate of drug-likeness (QED) is 0.792. The first-order valence-electron chi connectivity index (χ1n) is 7.42. The molecule has 1 rings (SSSR count). The largest absolute Gasteiger partial charge is 0.350 e. The summed E-state index contributed by atoms with van der Waals surface area (Å²) in [7, 11) is 0. The second-order valence-corrected chi connectivity index (χ2v) is 6.72. The lowest BCUT2D eigenvalue weighted by molar-refractivity contribution is -0.121. The lowest BCUT2D eigenvalue weighted by atomic mass is 9.81. The monoisotopic (exact) mass is 254 g/mol. The summed E-state index contributed by atoms with van der Waals surface area (Å²) in [5.41, 5.74) is -0.127. The van der Waals surface area contributed by atoms with Crippen molar-refractivity contribution >= 4 is 5.91 Å². The lowest BCUT2D eigenvalue weighted by Gasteiger charge is -2.28. The van der Waals surface area contributed by atoms with Crippen LogP contribution in [0.2, 0.25) is 0 Å². The van der Waals surface area contributed by atoms with Gasteiger partial charge in [0.15, 0.2) is 0 Å². The molecule has 1 aliphatic rings. The van der Waals surface area contributed by atoms with Gasteiger partial charge in [0.25, 0.3) is 0 Å². The van der Waals surface area contributed by atoms with Crippen molar-refractivity contribution in [1.82, 2.24) is 10.6 Å². The number of rotatable bonds is 5. The smallest absolute Gasteiger partial charge is 0.234 e. The topological polar surface area (TPSA) is 41.1 Å². The Morgan fingerprint density at radius 1 is 1.11 bits per heavy atom. The minimum Gasteiger partial charge on any atom is -0.350 e. The van der Waals surface area contributed by atoms with Gasteiger partial charge in [0.05, 0.1) is 6.54 Å². The van der Waals surface area contributed by atoms with Gasteiger partial charge >= 0.3 is 0 Å². The lowest BCUT2D eigenvalue weighted by Crippen LogP contribution is -2.45. The van der Waals surface area contributed by atoms with Gasteiger partial charge in [-0.25, -0.2) is 0 Å². The molecule has 0 heterocycles. The first-order chi connectivity index (χ1) is 8.40. The van der Waals surface area contributed by atoms with Gasteiger partial charge < -0.3 is 10.6 Å². The van der Waals surface area contributed by atoms with Crippen LogP contribution in [0.1, 0.15) is 59.8 Å². The zero-order chi connectivity index (χ0) is 13.6. The van der Waals surface area contributed by atoms with Crippen LogP contribution >= 0.6 is 0 Å². The van der Waals surface area contributed by atoms with Crippen molar-refractivity contribution in [1.29, 1.82) is 0 Å². The molecular formula is C15H30N2O. The van der Waals surface area contributed by atoms with Crippen molar-refractivity contribution in [2.45, 2.75) is 65.3 Å². The number of hydrogen-bond donors (Lipinski definition) is 2. The highest BCUT2D eigenvalue weighted by Gasteiger charge is 2.20. The van der Waals surface area contributed by atoms with Crippen LogP contribution in [0.5, 0.6) is 0 Å². The molecule has 1 amide bonds. The number of hydrogen-bond acceptors (Lipinski definition) is 2. The maximum Gasteiger partial charge on any atom is 0.234 e. The minimum absolute atomic E-state index is 0.102. The van der Waals surface area contributed by atoms with E-state index in [0.29, 0.717) is 6.54 Å². The molecule has 1 fully saturated rings. The molecule has 0 aliphatic heterocycles. The molecule has 1 aliphatic carbocycles. The van der Waals surface area contributed by atoms with E-state index in [0.717, 1.165) is 18.4 Å². The summed E-state index contributed by atoms with van der Waals surface area (Å²) in [6.07, 6.45) is 6.72. The molecule has 2 N–H and O–H groups in total. The fraction of sp³-hybridized carbons (Fsp3) is 0.933. The molecule has 0 saturated heterocycles. The van der Waals surface area contributed by atoms with E-state index in [1.165, 1.54) is 32.1 Å². The molecule has 3 heteroatoms. The fourth-order valence-corrected chi connectivity index (χ4v) is 2.70. The SMILES string of the molecule is CCC1CCC(CNCC(=O)NC(C)(C)C)CC1. The Labute approximate surface area is 112 Å². The molecule has 0 aromatic heterocycles. The van der Waals surface area contributed by atoms with Gasteiger partial charge in [0.2, 0.25) is 5.91 Å². The zero-order valence-corrected chi connectivity index (χ0v) is 12.5. The summed E-state index contributed by atoms with van der Waals surface area (Å²) in [6.45, 7) is 9.77. The van der Waals surface area contributed by atoms with Crippen molar-refractivity contribution < 1.29 is 4.79 Å². The summed E-state index contributed by atoms with van der Waals surface area (Å²) in [4.78, 5) is 11.6. The van der Waals surface area contributed by atoms with Crippen LogP contribution in [0.25, 0.3) is 0 Å². The maximum atomic E-state index is 11.6. The minimum atomic E-state index is -0.127. The summed E-state index contributed by atoms with van der Waals surface area (Å²) in [5, 5.41) is 6.27. The second-order valence-electron chi connectivity index (χ2n) is 6.72. The van der Waals surface area contributed by atoms with Crippen LogP contribution in [0.15, 0.2) is 0 Å². The van der Waals surface area contributed by atoms with Gasteiger partial charge in [-0.15, -0.1) is 0 Å². The molecule has 0 aromatic rings. The Morgan fingerprint density at radius 3 is 2.17 bits per heavy atom. The third-order valence-corrected chi connectivity index (χ3v) is 3.78. The molecule has 0 aromatic carbocycles. The first kappa shape index (κ1) is 15.5. The van der Waals surface area contributed by atoms with Gasteiger partial charge in [0, 0.05) is 5.54 Å². The van der Waals surface area contributed by atoms with E-state index in [1.54, 1.807) is 0 Å². The summed E-state index contributed by atoms with van der Waals surface area (Å²) >= 11 is 0. The van der Waals surface area contributed by atoms with Crippen molar-refractivity contribution in [3.8, 4) is 0 Å². The van der Waals surface area contributed by atoms with E-state index in [-0.39, 0.29) is 11.4 Å². The van der Waals surface area contributed by atoms with Gasteiger partial charge in [-0.1, -0.05) is 26.2 Å². The Morgan fingerprint density at radius 2 is 1.67 bits per heavy atom. The van der Waals surface area contributed by atoms with Crippen LogP contribution in [0.4, 0.5) is 0 Å². The van der Waals surface area contributed by atoms with Crippen LogP contribution in [0.3, 0.4) is 0 Å². The highest BCUT2D eigenvalue weighted by atomic mass is 16.2. The molecule has 0 spiro atoms. The number of amides is 1. The highest BCUT2D eigenvalue weighted by Crippen LogP contribution is 2.29. The molecule has 1 saturated carbocycles. The Kier molecular flexibility index (Phi) is 6.13. The molecule has 0 unspecified atom stereocenters. The van der Waals surface area contributed by atoms with Crippen molar-refractivity contribution in [3.05, 3.63) is 0 Å². The molecule has 0 bridgehead atoms. The molecule has 0 radical (unpaired) electrons. The van der Waals surface area contributed by atoms with E-state index in [4.69, 9.17) is 0 Å². The zero-order valence-electron chi connectivity index (χ0n) is 12.5. The van der Waals surface area contributed by atoms with Crippen LogP contribution in [-0.4, -0.2) is 24.5 Å². The van der Waals surface area contributed by atoms with Crippen molar-refractivity contribution in [2.75, 3.05) is 13.1 Å². The van der Waals surface area contributed by atoms with E-state index in [9.17, 15) is 4.79 Å². The average Bonchev–Trinajstić information content (AvgIpc) is 2.27. The molecule has 106 valence electrons. The average molecular weight is 254 g/mol. The third kappa shape index (κ3) is 6.39. The van der Waals surface area contributed by atoms with Gasteiger partial charge in [0.1, 0.15) is 0 Å². The number of nitrogens with one attached hydrogen (secondary N) is 2. The summed E-state index contributed by atoms with van der Waals surface area (Å²) in [5.74, 6) is 1.82. The predicted octanol–water partition coefficient (Wildman–Crippen LogP) is 2.71. The van der Waals surface area contributed by atoms with Crippen LogP contribution in [-0.2, 0) is 4.79 Å². The van der Waals surface area contributed by atoms with E-state index >= 15 is 0 Å². The fourth-order valence-electron chi connectivity index (χ4n) is 2.70. The third-order valence-electron chi connectivity index (χ3n) is 3.78. The standard InChI is InChI=1S/C15H30N2O/c1-5-12-6-8-13(9-7-12)10-16-11-14(18)17-15(2,3)4/h12-13,16H,5-11H2,1-4H3,(H,17,18). The Bertz CT molecular complexity index is 250. The molecule has 18 heavy (non-hydrogen) atoms. The number of carbonyl (C=O) groups is 1. The van der Waals surface area contributed by atoms with Crippen LogP contribution < -0.4 is 10.6 Å². The Hall–Kier alpha value is -0.570. The van der Waals surface area contributed by atoms with Gasteiger partial charge in [-0.2, -0.15) is 0 Å². The Balaban J connectivity index is 2.10. The van der Waals surface area contributed by atoms with Crippen LogP contribution in [0, 0.1) is 11.8 Å². The maximum absolute atomic E-state index is 11.6. The highest BCUT2D eigenvalue weighted by molar-refractivity contribution is 5.78. The second kappa shape index (κ2) is 7.13. The summed E-state index contributed by atoms with van der Waals surface area (Å²) in [6, 6.07) is 0. The predicted molar refractivity (Wildman–Crippen MR) is 76.5 cm³/mol. The number of carbonyl (C=O) groups excluding carboxylic acids is 1. The normalized spacial score (nSPS) is 24.9. The summed E-state index contributed by atoms with van der Waals surface area (Å²) < 4.78 is 0. The molecule has 0 atom stereocenters. The molecular weight excluding hydrogens is 224 g/mol. The van der Waals surface area contributed by atoms with Crippen molar-refractivity contribution in [2.24, 2.45) is 11.8 Å². The van der Waals surface area contributed by atoms with Gasteiger partial charge in [-0.05, 0) is 52.0 Å².